The van der Waals surface area contributed by atoms with Crippen LogP contribution in [0.5, 0.6) is 0 Å². The van der Waals surface area contributed by atoms with Crippen LogP contribution in [-0.4, -0.2) is 12.5 Å². The Bertz CT molecular complexity index is 563. The van der Waals surface area contributed by atoms with E-state index in [0.29, 0.717) is 12.5 Å². The van der Waals surface area contributed by atoms with Crippen LogP contribution in [0.4, 0.5) is 11.4 Å². The Labute approximate surface area is 112 Å². The summed E-state index contributed by atoms with van der Waals surface area (Å²) in [4.78, 5) is 11.7. The Morgan fingerprint density at radius 3 is 2.95 bits per heavy atom. The Morgan fingerprint density at radius 1 is 1.26 bits per heavy atom. The van der Waals surface area contributed by atoms with E-state index in [1.165, 1.54) is 0 Å². The molecule has 2 atom stereocenters. The maximum Gasteiger partial charge on any atom is 0.238 e. The zero-order valence-corrected chi connectivity index (χ0v) is 10.6. The zero-order valence-electron chi connectivity index (χ0n) is 10.6. The molecule has 3 rings (SSSR count). The van der Waals surface area contributed by atoms with E-state index >= 15 is 0 Å². The smallest absolute Gasteiger partial charge is 0.238 e. The van der Waals surface area contributed by atoms with Gasteiger partial charge < -0.3 is 16.4 Å². The van der Waals surface area contributed by atoms with Gasteiger partial charge in [-0.2, -0.15) is 0 Å². The minimum atomic E-state index is -0.0103. The number of nitrogen functional groups attached to an aromatic ring is 1. The molecule has 4 heteroatoms. The Hall–Kier alpha value is -2.07. The van der Waals surface area contributed by atoms with Gasteiger partial charge in [0.15, 0.2) is 0 Å². The molecule has 0 saturated carbocycles. The molecule has 2 aliphatic rings. The van der Waals surface area contributed by atoms with Crippen molar-refractivity contribution >= 4 is 17.3 Å². The maximum atomic E-state index is 11.7. The first kappa shape index (κ1) is 12.0. The van der Waals surface area contributed by atoms with Crippen molar-refractivity contribution in [3.8, 4) is 0 Å². The molecular weight excluding hydrogens is 238 g/mol. The van der Waals surface area contributed by atoms with Gasteiger partial charge in [0.1, 0.15) is 0 Å². The van der Waals surface area contributed by atoms with Crippen LogP contribution in [0.3, 0.4) is 0 Å². The quantitative estimate of drug-likeness (QED) is 0.672. The number of hydrogen-bond donors (Lipinski definition) is 3. The van der Waals surface area contributed by atoms with Gasteiger partial charge in [-0.1, -0.05) is 24.3 Å². The molecule has 1 aromatic carbocycles. The van der Waals surface area contributed by atoms with Crippen molar-refractivity contribution in [1.29, 1.82) is 0 Å². The van der Waals surface area contributed by atoms with Crippen molar-refractivity contribution in [3.05, 3.63) is 48.1 Å². The first-order chi connectivity index (χ1) is 9.24. The molecule has 1 aliphatic heterocycles. The van der Waals surface area contributed by atoms with Gasteiger partial charge in [0.2, 0.25) is 5.91 Å². The number of nitrogens with two attached hydrogens (primary N) is 1. The van der Waals surface area contributed by atoms with Gasteiger partial charge in [0, 0.05) is 23.3 Å². The van der Waals surface area contributed by atoms with Crippen LogP contribution in [0.1, 0.15) is 18.0 Å². The molecule has 1 heterocycles. The van der Waals surface area contributed by atoms with E-state index < -0.39 is 0 Å². The SMILES string of the molecule is Nc1ccc2c(c1)C(C1C=CC=CC1)NCC(=O)N2. The van der Waals surface area contributed by atoms with Crippen molar-refractivity contribution in [3.63, 3.8) is 0 Å². The van der Waals surface area contributed by atoms with E-state index in [-0.39, 0.29) is 11.9 Å². The third-order valence-corrected chi connectivity index (χ3v) is 3.61. The molecule has 0 spiro atoms. The number of amides is 1. The highest BCUT2D eigenvalue weighted by molar-refractivity contribution is 5.94. The number of anilines is 2. The molecule has 2 unspecified atom stereocenters. The minimum absolute atomic E-state index is 0.0103. The molecular formula is C15H17N3O. The van der Waals surface area contributed by atoms with Crippen LogP contribution in [0.2, 0.25) is 0 Å². The molecule has 0 radical (unpaired) electrons. The molecule has 0 aromatic heterocycles. The first-order valence-electron chi connectivity index (χ1n) is 6.50. The van der Waals surface area contributed by atoms with Crippen molar-refractivity contribution < 1.29 is 4.79 Å². The van der Waals surface area contributed by atoms with E-state index in [4.69, 9.17) is 5.73 Å². The number of carbonyl (C=O) groups excluding carboxylic acids is 1. The van der Waals surface area contributed by atoms with E-state index in [1.54, 1.807) is 0 Å². The van der Waals surface area contributed by atoms with Crippen molar-refractivity contribution in [2.45, 2.75) is 12.5 Å². The summed E-state index contributed by atoms with van der Waals surface area (Å²) in [5, 5.41) is 6.25. The molecule has 1 aliphatic carbocycles. The number of hydrogen-bond acceptors (Lipinski definition) is 3. The normalized spacial score (nSPS) is 25.6. The number of fused-ring (bicyclic) bond motifs is 1. The molecule has 1 amide bonds. The summed E-state index contributed by atoms with van der Waals surface area (Å²) in [6.45, 7) is 0.327. The van der Waals surface area contributed by atoms with Crippen LogP contribution in [-0.2, 0) is 4.79 Å². The standard InChI is InChI=1S/C15H17N3O/c16-11-6-7-13-12(8-11)15(17-9-14(19)18-13)10-4-2-1-3-5-10/h1-4,6-8,10,15,17H,5,9,16H2,(H,18,19). The van der Waals surface area contributed by atoms with E-state index in [9.17, 15) is 4.79 Å². The molecule has 0 bridgehead atoms. The summed E-state index contributed by atoms with van der Waals surface area (Å²) in [6.07, 6.45) is 9.41. The highest BCUT2D eigenvalue weighted by Crippen LogP contribution is 2.35. The third-order valence-electron chi connectivity index (χ3n) is 3.61. The fourth-order valence-electron chi connectivity index (χ4n) is 2.69. The number of allylic oxidation sites excluding steroid dienone is 3. The van der Waals surface area contributed by atoms with Crippen molar-refractivity contribution in [2.24, 2.45) is 5.92 Å². The number of carbonyl (C=O) groups is 1. The Morgan fingerprint density at radius 2 is 2.16 bits per heavy atom. The van der Waals surface area contributed by atoms with Gasteiger partial charge in [0.05, 0.1) is 6.54 Å². The highest BCUT2D eigenvalue weighted by atomic mass is 16.1. The predicted octanol–water partition coefficient (Wildman–Crippen LogP) is 1.98. The van der Waals surface area contributed by atoms with Gasteiger partial charge in [0.25, 0.3) is 0 Å². The predicted molar refractivity (Wildman–Crippen MR) is 76.6 cm³/mol. The van der Waals surface area contributed by atoms with Crippen LogP contribution >= 0.6 is 0 Å². The molecule has 4 N–H and O–H groups in total. The summed E-state index contributed by atoms with van der Waals surface area (Å²) in [5.74, 6) is 0.335. The summed E-state index contributed by atoms with van der Waals surface area (Å²) >= 11 is 0. The monoisotopic (exact) mass is 255 g/mol. The molecule has 1 aromatic rings. The fourth-order valence-corrected chi connectivity index (χ4v) is 2.69. The lowest BCUT2D eigenvalue weighted by Crippen LogP contribution is -2.31. The molecule has 19 heavy (non-hydrogen) atoms. The van der Waals surface area contributed by atoms with Crippen LogP contribution in [0.15, 0.2) is 42.5 Å². The topological polar surface area (TPSA) is 67.1 Å². The lowest BCUT2D eigenvalue weighted by atomic mass is 9.87. The minimum Gasteiger partial charge on any atom is -0.399 e. The van der Waals surface area contributed by atoms with Gasteiger partial charge in [-0.05, 0) is 30.2 Å². The lowest BCUT2D eigenvalue weighted by molar-refractivity contribution is -0.115. The zero-order chi connectivity index (χ0) is 13.2. The summed E-state index contributed by atoms with van der Waals surface area (Å²) < 4.78 is 0. The van der Waals surface area contributed by atoms with Gasteiger partial charge in [-0.25, -0.2) is 0 Å². The largest absolute Gasteiger partial charge is 0.399 e. The average molecular weight is 255 g/mol. The number of benzene rings is 1. The van der Waals surface area contributed by atoms with Gasteiger partial charge >= 0.3 is 0 Å². The number of rotatable bonds is 1. The fraction of sp³-hybridized carbons (Fsp3) is 0.267. The van der Waals surface area contributed by atoms with Crippen LogP contribution in [0.25, 0.3) is 0 Å². The van der Waals surface area contributed by atoms with Crippen molar-refractivity contribution in [2.75, 3.05) is 17.6 Å². The highest BCUT2D eigenvalue weighted by Gasteiger charge is 2.27. The Kier molecular flexibility index (Phi) is 3.09. The summed E-state index contributed by atoms with van der Waals surface area (Å²) in [6, 6.07) is 5.76. The second-order valence-electron chi connectivity index (χ2n) is 4.97. The summed E-state index contributed by atoms with van der Waals surface area (Å²) in [5.41, 5.74) is 8.53. The van der Waals surface area contributed by atoms with E-state index in [2.05, 4.69) is 34.9 Å². The average Bonchev–Trinajstić information content (AvgIpc) is 2.58. The second-order valence-corrected chi connectivity index (χ2v) is 4.97. The second kappa shape index (κ2) is 4.90. The lowest BCUT2D eigenvalue weighted by Gasteiger charge is -2.26. The van der Waals surface area contributed by atoms with Gasteiger partial charge in [-0.15, -0.1) is 0 Å². The Balaban J connectivity index is 2.00. The molecule has 0 fully saturated rings. The van der Waals surface area contributed by atoms with E-state index in [0.717, 1.165) is 23.4 Å². The van der Waals surface area contributed by atoms with Gasteiger partial charge in [-0.3, -0.25) is 4.79 Å². The van der Waals surface area contributed by atoms with Crippen molar-refractivity contribution in [1.82, 2.24) is 5.32 Å². The molecule has 98 valence electrons. The first-order valence-corrected chi connectivity index (χ1v) is 6.50. The summed E-state index contributed by atoms with van der Waals surface area (Å²) in [7, 11) is 0. The van der Waals surface area contributed by atoms with Crippen LogP contribution in [0, 0.1) is 5.92 Å². The number of nitrogens with one attached hydrogen (secondary N) is 2. The van der Waals surface area contributed by atoms with Crippen LogP contribution < -0.4 is 16.4 Å². The molecule has 0 saturated heterocycles. The third kappa shape index (κ3) is 2.39. The maximum absolute atomic E-state index is 11.7. The molecule has 4 nitrogen and oxygen atoms in total. The van der Waals surface area contributed by atoms with E-state index in [1.807, 2.05) is 18.2 Å².